The van der Waals surface area contributed by atoms with Gasteiger partial charge in [0.2, 0.25) is 23.6 Å². The Morgan fingerprint density at radius 3 is 1.81 bits per heavy atom. The average Bonchev–Trinajstić information content (AvgIpc) is 2.71. The Labute approximate surface area is 187 Å². The predicted octanol–water partition coefficient (Wildman–Crippen LogP) is -2.99. The van der Waals surface area contributed by atoms with Crippen molar-refractivity contribution < 1.29 is 29.1 Å². The number of nitrogens with one attached hydrogen (secondary N) is 3. The predicted molar refractivity (Wildman–Crippen MR) is 117 cm³/mol. The minimum atomic E-state index is -1.52. The summed E-state index contributed by atoms with van der Waals surface area (Å²) >= 11 is 0. The standard InChI is InChI=1S/C19H37N7O6/c1-11(16(28)26-14(19(31)32)10-15(23)27)24-18(30)13(7-3-5-9-21)25-17(29)12(22)6-2-4-8-20/h11-14H,2-10,20-22H2,1H3,(H2,23,27)(H,24,30)(H,25,29)(H,26,28)(H,31,32). The highest BCUT2D eigenvalue weighted by molar-refractivity contribution is 5.94. The number of carboxylic acids is 1. The summed E-state index contributed by atoms with van der Waals surface area (Å²) in [6.07, 6.45) is 2.67. The van der Waals surface area contributed by atoms with Crippen molar-refractivity contribution in [2.45, 2.75) is 76.0 Å². The molecule has 4 amide bonds. The van der Waals surface area contributed by atoms with Gasteiger partial charge in [-0.05, 0) is 52.1 Å². The summed E-state index contributed by atoms with van der Waals surface area (Å²) < 4.78 is 0. The van der Waals surface area contributed by atoms with Crippen molar-refractivity contribution >= 4 is 29.6 Å². The molecule has 0 spiro atoms. The van der Waals surface area contributed by atoms with Gasteiger partial charge in [0.05, 0.1) is 12.5 Å². The fourth-order valence-corrected chi connectivity index (χ4v) is 2.76. The van der Waals surface area contributed by atoms with Crippen LogP contribution in [-0.4, -0.2) is 72.0 Å². The van der Waals surface area contributed by atoms with Gasteiger partial charge in [0, 0.05) is 0 Å². The molecule has 4 atom stereocenters. The lowest BCUT2D eigenvalue weighted by atomic mass is 10.1. The zero-order valence-electron chi connectivity index (χ0n) is 18.5. The van der Waals surface area contributed by atoms with Crippen LogP contribution in [0, 0.1) is 0 Å². The van der Waals surface area contributed by atoms with Crippen LogP contribution in [0.15, 0.2) is 0 Å². The van der Waals surface area contributed by atoms with Crippen LogP contribution in [0.4, 0.5) is 0 Å². The lowest BCUT2D eigenvalue weighted by Crippen LogP contribution is -2.56. The summed E-state index contributed by atoms with van der Waals surface area (Å²) in [5.41, 5.74) is 21.8. The maximum absolute atomic E-state index is 12.7. The third-order valence-electron chi connectivity index (χ3n) is 4.66. The van der Waals surface area contributed by atoms with E-state index >= 15 is 0 Å². The number of carbonyl (C=O) groups excluding carboxylic acids is 4. The summed E-state index contributed by atoms with van der Waals surface area (Å²) in [6, 6.07) is -4.42. The van der Waals surface area contributed by atoms with Crippen LogP contribution in [0.25, 0.3) is 0 Å². The quantitative estimate of drug-likeness (QED) is 0.103. The molecule has 0 saturated carbocycles. The molecular weight excluding hydrogens is 422 g/mol. The van der Waals surface area contributed by atoms with Gasteiger partial charge in [-0.3, -0.25) is 19.2 Å². The van der Waals surface area contributed by atoms with Crippen molar-refractivity contribution in [2.75, 3.05) is 13.1 Å². The number of aliphatic carboxylic acids is 1. The van der Waals surface area contributed by atoms with Crippen molar-refractivity contribution in [3.05, 3.63) is 0 Å². The van der Waals surface area contributed by atoms with Crippen molar-refractivity contribution in [1.29, 1.82) is 0 Å². The summed E-state index contributed by atoms with van der Waals surface area (Å²) in [5, 5.41) is 16.3. The molecule has 0 rings (SSSR count). The van der Waals surface area contributed by atoms with E-state index in [1.54, 1.807) is 0 Å². The highest BCUT2D eigenvalue weighted by atomic mass is 16.4. The zero-order chi connectivity index (χ0) is 24.7. The van der Waals surface area contributed by atoms with E-state index in [0.717, 1.165) is 6.42 Å². The van der Waals surface area contributed by atoms with Gasteiger partial charge in [0.1, 0.15) is 18.1 Å². The molecule has 0 aliphatic carbocycles. The molecule has 0 aliphatic heterocycles. The number of carboxylic acid groups (broad SMARTS) is 1. The molecule has 0 aliphatic rings. The molecular formula is C19H37N7O6. The van der Waals surface area contributed by atoms with E-state index in [4.69, 9.17) is 28.0 Å². The zero-order valence-corrected chi connectivity index (χ0v) is 18.5. The van der Waals surface area contributed by atoms with Gasteiger partial charge >= 0.3 is 5.97 Å². The third-order valence-corrected chi connectivity index (χ3v) is 4.66. The monoisotopic (exact) mass is 459 g/mol. The first-order chi connectivity index (χ1) is 15.0. The van der Waals surface area contributed by atoms with Crippen LogP contribution < -0.4 is 38.9 Å². The van der Waals surface area contributed by atoms with Crippen molar-refractivity contribution in [3.8, 4) is 0 Å². The number of primary amides is 1. The third kappa shape index (κ3) is 12.2. The molecule has 0 aromatic carbocycles. The number of nitrogens with two attached hydrogens (primary N) is 4. The van der Waals surface area contributed by atoms with Crippen LogP contribution in [0.3, 0.4) is 0 Å². The molecule has 0 fully saturated rings. The second-order valence-corrected chi connectivity index (χ2v) is 7.54. The summed E-state index contributed by atoms with van der Waals surface area (Å²) in [7, 11) is 0. The van der Waals surface area contributed by atoms with Crippen LogP contribution in [-0.2, 0) is 24.0 Å². The van der Waals surface area contributed by atoms with Crippen molar-refractivity contribution in [2.24, 2.45) is 22.9 Å². The summed E-state index contributed by atoms with van der Waals surface area (Å²) in [5.74, 6) is -4.29. The van der Waals surface area contributed by atoms with E-state index < -0.39 is 60.2 Å². The Balaban J connectivity index is 5.03. The van der Waals surface area contributed by atoms with Gasteiger partial charge in [-0.15, -0.1) is 0 Å². The fourth-order valence-electron chi connectivity index (χ4n) is 2.76. The number of hydrogen-bond acceptors (Lipinski definition) is 8. The normalized spacial score (nSPS) is 14.5. The van der Waals surface area contributed by atoms with Crippen LogP contribution in [0.2, 0.25) is 0 Å². The minimum Gasteiger partial charge on any atom is -0.480 e. The average molecular weight is 460 g/mol. The Morgan fingerprint density at radius 2 is 1.31 bits per heavy atom. The summed E-state index contributed by atoms with van der Waals surface area (Å²) in [6.45, 7) is 2.24. The molecule has 12 N–H and O–H groups in total. The first kappa shape index (κ1) is 29.2. The Hall–Kier alpha value is -2.77. The van der Waals surface area contributed by atoms with Crippen molar-refractivity contribution in [3.63, 3.8) is 0 Å². The van der Waals surface area contributed by atoms with Gasteiger partial charge in [-0.25, -0.2) is 4.79 Å². The van der Waals surface area contributed by atoms with E-state index in [-0.39, 0.29) is 6.42 Å². The van der Waals surface area contributed by atoms with Gasteiger partial charge in [-0.2, -0.15) is 0 Å². The second-order valence-electron chi connectivity index (χ2n) is 7.54. The Morgan fingerprint density at radius 1 is 0.781 bits per heavy atom. The number of rotatable bonds is 17. The van der Waals surface area contributed by atoms with E-state index in [0.29, 0.717) is 38.8 Å². The topological polar surface area (TPSA) is 246 Å². The van der Waals surface area contributed by atoms with E-state index in [9.17, 15) is 24.0 Å². The van der Waals surface area contributed by atoms with E-state index in [1.165, 1.54) is 6.92 Å². The molecule has 0 aromatic heterocycles. The number of unbranched alkanes of at least 4 members (excludes halogenated alkanes) is 2. The Bertz CT molecular complexity index is 646. The molecule has 0 saturated heterocycles. The number of hydrogen-bond donors (Lipinski definition) is 8. The number of carbonyl (C=O) groups is 5. The summed E-state index contributed by atoms with van der Waals surface area (Å²) in [4.78, 5) is 59.4. The molecule has 13 heteroatoms. The highest BCUT2D eigenvalue weighted by Crippen LogP contribution is 2.04. The second kappa shape index (κ2) is 15.9. The first-order valence-corrected chi connectivity index (χ1v) is 10.6. The highest BCUT2D eigenvalue weighted by Gasteiger charge is 2.28. The molecule has 13 nitrogen and oxygen atoms in total. The van der Waals surface area contributed by atoms with E-state index in [2.05, 4.69) is 16.0 Å². The SMILES string of the molecule is CC(NC(=O)C(CCCCN)NC(=O)C(N)CCCCN)C(=O)NC(CC(N)=O)C(=O)O. The van der Waals surface area contributed by atoms with Crippen LogP contribution in [0.5, 0.6) is 0 Å². The largest absolute Gasteiger partial charge is 0.480 e. The maximum atomic E-state index is 12.7. The van der Waals surface area contributed by atoms with Gasteiger partial charge < -0.3 is 44.0 Å². The molecule has 0 bridgehead atoms. The molecule has 0 radical (unpaired) electrons. The molecule has 4 unspecified atom stereocenters. The maximum Gasteiger partial charge on any atom is 0.326 e. The van der Waals surface area contributed by atoms with E-state index in [1.807, 2.05) is 0 Å². The minimum absolute atomic E-state index is 0.276. The smallest absolute Gasteiger partial charge is 0.326 e. The molecule has 0 aromatic rings. The fraction of sp³-hybridized carbons (Fsp3) is 0.737. The van der Waals surface area contributed by atoms with Crippen molar-refractivity contribution in [1.82, 2.24) is 16.0 Å². The molecule has 32 heavy (non-hydrogen) atoms. The number of amides is 4. The van der Waals surface area contributed by atoms with Crippen LogP contribution >= 0.6 is 0 Å². The van der Waals surface area contributed by atoms with Gasteiger partial charge in [0.25, 0.3) is 0 Å². The molecule has 184 valence electrons. The first-order valence-electron chi connectivity index (χ1n) is 10.6. The Kier molecular flexibility index (Phi) is 14.6. The molecule has 0 heterocycles. The van der Waals surface area contributed by atoms with Crippen LogP contribution in [0.1, 0.15) is 51.9 Å². The lowest BCUT2D eigenvalue weighted by Gasteiger charge is -2.23. The lowest BCUT2D eigenvalue weighted by molar-refractivity contribution is -0.143. The van der Waals surface area contributed by atoms with Gasteiger partial charge in [0.15, 0.2) is 0 Å². The van der Waals surface area contributed by atoms with Gasteiger partial charge in [-0.1, -0.05) is 6.42 Å².